The second-order valence-electron chi connectivity index (χ2n) is 11.2. The van der Waals surface area contributed by atoms with Gasteiger partial charge in [0, 0.05) is 53.7 Å². The number of piperazine rings is 1. The molecule has 9 nitrogen and oxygen atoms in total. The average Bonchev–Trinajstić information content (AvgIpc) is 3.35. The van der Waals surface area contributed by atoms with E-state index in [1.165, 1.54) is 16.7 Å². The zero-order chi connectivity index (χ0) is 30.0. The van der Waals surface area contributed by atoms with Crippen LogP contribution in [-0.2, 0) is 11.4 Å². The molecule has 2 aliphatic heterocycles. The van der Waals surface area contributed by atoms with Crippen LogP contribution in [0.15, 0.2) is 40.2 Å². The van der Waals surface area contributed by atoms with E-state index >= 15 is 4.39 Å². The van der Waals surface area contributed by atoms with Gasteiger partial charge in [-0.25, -0.2) is 13.6 Å². The highest BCUT2D eigenvalue weighted by molar-refractivity contribution is 6.02. The first kappa shape index (κ1) is 27.6. The van der Waals surface area contributed by atoms with Crippen LogP contribution in [0.3, 0.4) is 0 Å². The molecule has 1 amide bonds. The number of rotatable bonds is 4. The maximum atomic E-state index is 15.4. The Morgan fingerprint density at radius 3 is 2.64 bits per heavy atom. The van der Waals surface area contributed by atoms with Crippen LogP contribution in [0.4, 0.5) is 14.6 Å². The topological polar surface area (TPSA) is 93.7 Å². The molecule has 6 rings (SSSR count). The van der Waals surface area contributed by atoms with Crippen molar-refractivity contribution in [2.45, 2.75) is 53.2 Å². The van der Waals surface area contributed by atoms with Gasteiger partial charge in [-0.15, -0.1) is 0 Å². The summed E-state index contributed by atoms with van der Waals surface area (Å²) in [7, 11) is 0. The van der Waals surface area contributed by atoms with Crippen LogP contribution in [-0.4, -0.2) is 51.2 Å². The predicted molar refractivity (Wildman–Crippen MR) is 154 cm³/mol. The summed E-state index contributed by atoms with van der Waals surface area (Å²) in [5.41, 5.74) is 2.32. The van der Waals surface area contributed by atoms with Crippen LogP contribution in [0, 0.1) is 25.5 Å². The van der Waals surface area contributed by atoms with Crippen LogP contribution in [0.1, 0.15) is 49.3 Å². The average molecular weight is 576 g/mol. The molecule has 218 valence electrons. The van der Waals surface area contributed by atoms with Crippen molar-refractivity contribution in [3.8, 4) is 22.6 Å². The molecule has 1 saturated heterocycles. The molecule has 2 aromatic heterocycles. The molecule has 0 saturated carbocycles. The molecule has 2 aliphatic rings. The highest BCUT2D eigenvalue weighted by atomic mass is 19.2. The normalized spacial score (nSPS) is 16.4. The van der Waals surface area contributed by atoms with E-state index < -0.39 is 17.3 Å². The van der Waals surface area contributed by atoms with Gasteiger partial charge >= 0.3 is 5.69 Å². The lowest BCUT2D eigenvalue weighted by atomic mass is 9.90. The Hall–Kier alpha value is -4.54. The molecular formula is C31H31F2N5O4. The van der Waals surface area contributed by atoms with E-state index in [9.17, 15) is 14.0 Å². The second kappa shape index (κ2) is 10.1. The minimum absolute atomic E-state index is 0.0116. The van der Waals surface area contributed by atoms with Gasteiger partial charge in [-0.1, -0.05) is 31.6 Å². The molecular weight excluding hydrogens is 544 g/mol. The molecule has 11 heteroatoms. The van der Waals surface area contributed by atoms with Gasteiger partial charge in [0.05, 0.1) is 0 Å². The summed E-state index contributed by atoms with van der Waals surface area (Å²) in [4.78, 5) is 34.7. The summed E-state index contributed by atoms with van der Waals surface area (Å²) >= 11 is 0. The van der Waals surface area contributed by atoms with E-state index in [1.807, 2.05) is 31.7 Å². The van der Waals surface area contributed by atoms with E-state index in [0.717, 1.165) is 6.07 Å². The first-order chi connectivity index (χ1) is 20.0. The number of hydrogen-bond donors (Lipinski definition) is 0. The van der Waals surface area contributed by atoms with Crippen molar-refractivity contribution >= 4 is 22.6 Å². The van der Waals surface area contributed by atoms with Crippen LogP contribution in [0.5, 0.6) is 5.75 Å². The Bertz CT molecular complexity index is 1840. The molecule has 1 atom stereocenters. The number of carbonyl (C=O) groups excluding carboxylic acids is 1. The lowest BCUT2D eigenvalue weighted by molar-refractivity contribution is -0.126. The number of aryl methyl sites for hydroxylation is 2. The number of halogens is 2. The number of carbonyl (C=O) groups is 1. The third-order valence-corrected chi connectivity index (χ3v) is 8.10. The molecule has 4 heterocycles. The first-order valence-electron chi connectivity index (χ1n) is 13.9. The van der Waals surface area contributed by atoms with Crippen molar-refractivity contribution in [3.63, 3.8) is 0 Å². The number of amides is 1. The number of nitrogens with zero attached hydrogens (tertiary/aromatic N) is 5. The number of benzene rings is 2. The Balaban J connectivity index is 1.69. The largest absolute Gasteiger partial charge is 0.486 e. The zero-order valence-corrected chi connectivity index (χ0v) is 24.1. The van der Waals surface area contributed by atoms with E-state index in [1.54, 1.807) is 18.7 Å². The van der Waals surface area contributed by atoms with Crippen LogP contribution in [0.25, 0.3) is 27.7 Å². The Labute approximate surface area is 241 Å². The van der Waals surface area contributed by atoms with Crippen molar-refractivity contribution in [2.24, 2.45) is 0 Å². The van der Waals surface area contributed by atoms with E-state index in [4.69, 9.17) is 9.26 Å². The number of fused-ring (bicyclic) bond motifs is 5. The summed E-state index contributed by atoms with van der Waals surface area (Å²) < 4.78 is 43.3. The van der Waals surface area contributed by atoms with Crippen molar-refractivity contribution in [3.05, 3.63) is 75.6 Å². The quantitative estimate of drug-likeness (QED) is 0.310. The van der Waals surface area contributed by atoms with Gasteiger partial charge in [-0.3, -0.25) is 9.36 Å². The zero-order valence-electron chi connectivity index (χ0n) is 24.1. The molecule has 0 radical (unpaired) electrons. The van der Waals surface area contributed by atoms with Crippen LogP contribution >= 0.6 is 0 Å². The number of aromatic nitrogens is 3. The van der Waals surface area contributed by atoms with Gasteiger partial charge in [-0.2, -0.15) is 4.98 Å². The standard InChI is InChI=1S/C31H31F2N5O4/c1-7-22(39)36-10-11-37(17(5)13-36)30-20-12-16(4)23-24-19(8-9-21(32)25(24)33)14-41-29(23)27(20)38(31(40)34-30)26-18(6)35-42-28(26)15(2)3/h7-9,12,15,17H,1,10-11,13-14H2,2-6H3/t17-/m0/s1. The molecule has 42 heavy (non-hydrogen) atoms. The Kier molecular flexibility index (Phi) is 6.63. The van der Waals surface area contributed by atoms with Crippen LogP contribution < -0.4 is 15.3 Å². The third kappa shape index (κ3) is 4.09. The molecule has 4 aromatic rings. The van der Waals surface area contributed by atoms with Gasteiger partial charge in [0.25, 0.3) is 0 Å². The van der Waals surface area contributed by atoms with E-state index in [2.05, 4.69) is 16.7 Å². The van der Waals surface area contributed by atoms with Crippen molar-refractivity contribution in [1.82, 2.24) is 19.6 Å². The molecule has 0 aliphatic carbocycles. The lowest BCUT2D eigenvalue weighted by Crippen LogP contribution is -2.54. The number of ether oxygens (including phenoxy) is 1. The van der Waals surface area contributed by atoms with Gasteiger partial charge < -0.3 is 19.1 Å². The SMILES string of the molecule is C=CC(=O)N1CCN(c2nc(=O)n(-c3c(C)noc3C(C)C)c3c4c(c(C)cc23)-c2c(ccc(F)c2F)CO4)[C@@H](C)C1. The first-order valence-corrected chi connectivity index (χ1v) is 13.9. The van der Waals surface area contributed by atoms with Crippen molar-refractivity contribution in [2.75, 3.05) is 24.5 Å². The van der Waals surface area contributed by atoms with Gasteiger partial charge in [-0.05, 0) is 44.5 Å². The highest BCUT2D eigenvalue weighted by Crippen LogP contribution is 2.48. The smallest absolute Gasteiger partial charge is 0.354 e. The predicted octanol–water partition coefficient (Wildman–Crippen LogP) is 5.17. The summed E-state index contributed by atoms with van der Waals surface area (Å²) in [6.45, 7) is 14.2. The number of hydrogen-bond acceptors (Lipinski definition) is 7. The van der Waals surface area contributed by atoms with E-state index in [-0.39, 0.29) is 35.8 Å². The molecule has 0 N–H and O–H groups in total. The molecule has 0 unspecified atom stereocenters. The Morgan fingerprint density at radius 1 is 1.19 bits per heavy atom. The maximum absolute atomic E-state index is 15.4. The fourth-order valence-electron chi connectivity index (χ4n) is 6.11. The Morgan fingerprint density at radius 2 is 1.95 bits per heavy atom. The molecule has 0 spiro atoms. The summed E-state index contributed by atoms with van der Waals surface area (Å²) in [5, 5.41) is 4.74. The highest BCUT2D eigenvalue weighted by Gasteiger charge is 2.34. The minimum atomic E-state index is -0.969. The monoisotopic (exact) mass is 575 g/mol. The van der Waals surface area contributed by atoms with Gasteiger partial charge in [0.2, 0.25) is 5.91 Å². The van der Waals surface area contributed by atoms with Crippen LogP contribution in [0.2, 0.25) is 0 Å². The molecule has 0 bridgehead atoms. The van der Waals surface area contributed by atoms with E-state index in [0.29, 0.717) is 70.2 Å². The minimum Gasteiger partial charge on any atom is -0.486 e. The van der Waals surface area contributed by atoms with Gasteiger partial charge in [0.1, 0.15) is 29.3 Å². The molecule has 1 fully saturated rings. The van der Waals surface area contributed by atoms with Gasteiger partial charge in [0.15, 0.2) is 23.1 Å². The fraction of sp³-hybridized carbons (Fsp3) is 0.355. The van der Waals surface area contributed by atoms with Crippen molar-refractivity contribution in [1.29, 1.82) is 0 Å². The molecule has 2 aromatic carbocycles. The maximum Gasteiger partial charge on any atom is 0.354 e. The fourth-order valence-corrected chi connectivity index (χ4v) is 6.11. The summed E-state index contributed by atoms with van der Waals surface area (Å²) in [6, 6.07) is 4.26. The third-order valence-electron chi connectivity index (χ3n) is 8.10. The lowest BCUT2D eigenvalue weighted by Gasteiger charge is -2.40. The summed E-state index contributed by atoms with van der Waals surface area (Å²) in [6.07, 6.45) is 1.29. The summed E-state index contributed by atoms with van der Waals surface area (Å²) in [5.74, 6) is -1.05. The number of anilines is 1. The van der Waals surface area contributed by atoms with Crippen molar-refractivity contribution < 1.29 is 22.8 Å². The second-order valence-corrected chi connectivity index (χ2v) is 11.2.